The maximum absolute atomic E-state index is 11.2. The first-order valence-electron chi connectivity index (χ1n) is 9.25. The zero-order chi connectivity index (χ0) is 23.0. The zero-order valence-electron chi connectivity index (χ0n) is 16.2. The van der Waals surface area contributed by atoms with Crippen LogP contribution >= 0.6 is 30.4 Å². The number of rotatable bonds is 7. The van der Waals surface area contributed by atoms with Crippen LogP contribution in [0.5, 0.6) is 5.75 Å². The number of nitrogens with one attached hydrogen (secondary N) is 1. The summed E-state index contributed by atoms with van der Waals surface area (Å²) < 4.78 is 23.4. The minimum Gasteiger partial charge on any atom is -0.403 e. The summed E-state index contributed by atoms with van der Waals surface area (Å²) in [4.78, 5) is 30.8. The predicted octanol–water partition coefficient (Wildman–Crippen LogP) is 0.126. The van der Waals surface area contributed by atoms with E-state index in [2.05, 4.69) is 20.3 Å². The summed E-state index contributed by atoms with van der Waals surface area (Å²) in [6, 6.07) is 4.93. The number of benzene rings is 1. The minimum atomic E-state index is -4.69. The molecule has 15 heteroatoms. The fraction of sp³-hybridized carbons (Fsp3) is 0.353. The van der Waals surface area contributed by atoms with E-state index in [0.717, 1.165) is 0 Å². The fourth-order valence-electron chi connectivity index (χ4n) is 3.32. The van der Waals surface area contributed by atoms with Crippen LogP contribution < -0.4 is 9.84 Å². The summed E-state index contributed by atoms with van der Waals surface area (Å²) >= 11 is 1.91. The van der Waals surface area contributed by atoms with Gasteiger partial charge in [0.25, 0.3) is 0 Å². The van der Waals surface area contributed by atoms with Gasteiger partial charge in [0.1, 0.15) is 30.4 Å². The highest BCUT2D eigenvalue weighted by molar-refractivity contribution is 14.1. The third-order valence-corrected chi connectivity index (χ3v) is 6.15. The molecule has 6 N–H and O–H groups in total. The summed E-state index contributed by atoms with van der Waals surface area (Å²) in [5, 5.41) is 32.7. The van der Waals surface area contributed by atoms with Gasteiger partial charge in [-0.1, -0.05) is 6.07 Å². The lowest BCUT2D eigenvalue weighted by Crippen LogP contribution is -2.33. The van der Waals surface area contributed by atoms with Gasteiger partial charge in [-0.3, -0.25) is 14.4 Å². The van der Waals surface area contributed by atoms with Crippen molar-refractivity contribution in [3.8, 4) is 5.75 Å². The highest BCUT2D eigenvalue weighted by Crippen LogP contribution is 2.40. The van der Waals surface area contributed by atoms with E-state index >= 15 is 0 Å². The molecule has 32 heavy (non-hydrogen) atoms. The SMILES string of the molecule is O=P(O)(O)Oc1cc(CNc2ncnc3c2ncn3[C@@H]2O[C@H](CO)[C@@H](O)[C@H]2O)ccc1I. The molecule has 0 bridgehead atoms. The molecular formula is C17H19IN5O8P. The van der Waals surface area contributed by atoms with Gasteiger partial charge >= 0.3 is 7.82 Å². The largest absolute Gasteiger partial charge is 0.524 e. The van der Waals surface area contributed by atoms with Gasteiger partial charge in [-0.2, -0.15) is 0 Å². The lowest BCUT2D eigenvalue weighted by molar-refractivity contribution is -0.0511. The van der Waals surface area contributed by atoms with E-state index in [1.165, 1.54) is 23.3 Å². The number of aromatic nitrogens is 4. The summed E-state index contributed by atoms with van der Waals surface area (Å²) in [5.74, 6) is 0.427. The molecule has 4 rings (SSSR count). The van der Waals surface area contributed by atoms with Crippen molar-refractivity contribution in [2.45, 2.75) is 31.1 Å². The Morgan fingerprint density at radius 2 is 2.00 bits per heavy atom. The molecule has 3 heterocycles. The summed E-state index contributed by atoms with van der Waals surface area (Å²) in [6.07, 6.45) is -1.78. The Hall–Kier alpha value is -1.91. The van der Waals surface area contributed by atoms with E-state index in [1.54, 1.807) is 12.1 Å². The van der Waals surface area contributed by atoms with Gasteiger partial charge in [0.05, 0.1) is 16.5 Å². The van der Waals surface area contributed by atoms with E-state index in [0.29, 0.717) is 26.1 Å². The van der Waals surface area contributed by atoms with Gasteiger partial charge in [-0.25, -0.2) is 19.5 Å². The second kappa shape index (κ2) is 9.15. The average molecular weight is 579 g/mol. The van der Waals surface area contributed by atoms with Crippen LogP contribution in [0.4, 0.5) is 5.82 Å². The molecule has 1 saturated heterocycles. The number of phosphoric ester groups is 1. The molecule has 0 saturated carbocycles. The van der Waals surface area contributed by atoms with Crippen LogP contribution in [-0.2, 0) is 15.8 Å². The summed E-state index contributed by atoms with van der Waals surface area (Å²) in [7, 11) is -4.69. The first-order valence-corrected chi connectivity index (χ1v) is 11.9. The number of hydrogen-bond donors (Lipinski definition) is 6. The van der Waals surface area contributed by atoms with E-state index in [1.807, 2.05) is 22.6 Å². The maximum atomic E-state index is 11.2. The molecule has 13 nitrogen and oxygen atoms in total. The van der Waals surface area contributed by atoms with Crippen molar-refractivity contribution in [2.75, 3.05) is 11.9 Å². The lowest BCUT2D eigenvalue weighted by Gasteiger charge is -2.16. The van der Waals surface area contributed by atoms with Crippen molar-refractivity contribution in [3.63, 3.8) is 0 Å². The topological polar surface area (TPSA) is 192 Å². The molecule has 4 atom stereocenters. The third kappa shape index (κ3) is 4.72. The van der Waals surface area contributed by atoms with Crippen molar-refractivity contribution in [2.24, 2.45) is 0 Å². The van der Waals surface area contributed by atoms with Gasteiger partial charge in [0.15, 0.2) is 23.2 Å². The van der Waals surface area contributed by atoms with Crippen molar-refractivity contribution in [1.82, 2.24) is 19.5 Å². The smallest absolute Gasteiger partial charge is 0.403 e. The number of nitrogens with zero attached hydrogens (tertiary/aromatic N) is 4. The maximum Gasteiger partial charge on any atom is 0.524 e. The van der Waals surface area contributed by atoms with Crippen molar-refractivity contribution in [1.29, 1.82) is 0 Å². The molecule has 0 radical (unpaired) electrons. The minimum absolute atomic E-state index is 0.0553. The first-order chi connectivity index (χ1) is 15.2. The normalized spacial score (nSPS) is 23.6. The second-order valence-corrected chi connectivity index (χ2v) is 9.30. The Morgan fingerprint density at radius 1 is 1.22 bits per heavy atom. The number of phosphoric acid groups is 1. The highest BCUT2D eigenvalue weighted by atomic mass is 127. The number of aliphatic hydroxyl groups is 3. The number of halogens is 1. The lowest BCUT2D eigenvalue weighted by atomic mass is 10.1. The van der Waals surface area contributed by atoms with Gasteiger partial charge in [0, 0.05) is 6.54 Å². The molecule has 1 fully saturated rings. The van der Waals surface area contributed by atoms with Crippen molar-refractivity contribution in [3.05, 3.63) is 40.0 Å². The first kappa shape index (κ1) is 23.3. The zero-order valence-corrected chi connectivity index (χ0v) is 19.2. The number of anilines is 1. The molecule has 172 valence electrons. The molecule has 3 aromatic rings. The molecule has 0 amide bonds. The molecule has 1 aromatic carbocycles. The van der Waals surface area contributed by atoms with E-state index in [-0.39, 0.29) is 12.3 Å². The number of fused-ring (bicyclic) bond motifs is 1. The fourth-order valence-corrected chi connectivity index (χ4v) is 4.35. The summed E-state index contributed by atoms with van der Waals surface area (Å²) in [5.41, 5.74) is 1.39. The summed E-state index contributed by atoms with van der Waals surface area (Å²) in [6.45, 7) is -0.214. The van der Waals surface area contributed by atoms with Crippen LogP contribution in [0.25, 0.3) is 11.2 Å². The highest BCUT2D eigenvalue weighted by Gasteiger charge is 2.44. The van der Waals surface area contributed by atoms with Crippen molar-refractivity contribution >= 4 is 47.4 Å². The molecule has 0 aliphatic carbocycles. The molecule has 1 aliphatic heterocycles. The van der Waals surface area contributed by atoms with E-state index in [4.69, 9.17) is 19.0 Å². The Bertz CT molecular complexity index is 1170. The second-order valence-electron chi connectivity index (χ2n) is 6.98. The predicted molar refractivity (Wildman–Crippen MR) is 117 cm³/mol. The van der Waals surface area contributed by atoms with Crippen LogP contribution in [-0.4, -0.2) is 69.5 Å². The molecule has 2 aromatic heterocycles. The Labute approximate surface area is 194 Å². The number of hydrogen-bond acceptors (Lipinski definition) is 10. The van der Waals surface area contributed by atoms with Gasteiger partial charge < -0.3 is 29.9 Å². The monoisotopic (exact) mass is 579 g/mol. The standard InChI is InChI=1S/C17H19IN5O8P/c18-9-2-1-8(3-10(9)31-32(27,28)29)4-19-15-12-16(21-6-20-15)23(7-22-12)17-14(26)13(25)11(5-24)30-17/h1-3,6-7,11,13-14,17,24-26H,4-5H2,(H,19,20,21)(H2,27,28,29)/t11-,13-,14-,17-/m1/s1. The van der Waals surface area contributed by atoms with Crippen LogP contribution in [0.1, 0.15) is 11.8 Å². The molecule has 1 aliphatic rings. The van der Waals surface area contributed by atoms with E-state index in [9.17, 15) is 19.9 Å². The quantitative estimate of drug-likeness (QED) is 0.164. The van der Waals surface area contributed by atoms with Crippen LogP contribution in [0.15, 0.2) is 30.9 Å². The Morgan fingerprint density at radius 3 is 2.69 bits per heavy atom. The van der Waals surface area contributed by atoms with Crippen molar-refractivity contribution < 1.29 is 38.9 Å². The number of imidazole rings is 1. The molecule has 0 spiro atoms. The van der Waals surface area contributed by atoms with E-state index < -0.39 is 39.0 Å². The Kier molecular flexibility index (Phi) is 6.65. The van der Waals surface area contributed by atoms with Gasteiger partial charge in [-0.15, -0.1) is 0 Å². The number of aliphatic hydroxyl groups excluding tert-OH is 3. The third-order valence-electron chi connectivity index (χ3n) is 4.82. The van der Waals surface area contributed by atoms with Crippen LogP contribution in [0.3, 0.4) is 0 Å². The molecular weight excluding hydrogens is 560 g/mol. The van der Waals surface area contributed by atoms with Gasteiger partial charge in [0.2, 0.25) is 0 Å². The van der Waals surface area contributed by atoms with Gasteiger partial charge in [-0.05, 0) is 40.3 Å². The molecule has 0 unspecified atom stereocenters. The number of ether oxygens (including phenoxy) is 1. The Balaban J connectivity index is 1.56. The van der Waals surface area contributed by atoms with Crippen LogP contribution in [0.2, 0.25) is 0 Å². The van der Waals surface area contributed by atoms with Crippen LogP contribution in [0, 0.1) is 3.57 Å². The average Bonchev–Trinajstić information content (AvgIpc) is 3.29.